The van der Waals surface area contributed by atoms with Gasteiger partial charge in [-0.2, -0.15) is 0 Å². The van der Waals surface area contributed by atoms with E-state index >= 15 is 0 Å². The van der Waals surface area contributed by atoms with E-state index in [2.05, 4.69) is 0 Å². The lowest BCUT2D eigenvalue weighted by atomic mass is 9.74. The van der Waals surface area contributed by atoms with E-state index in [1.165, 1.54) is 30.3 Å². The highest BCUT2D eigenvalue weighted by Gasteiger charge is 2.59. The van der Waals surface area contributed by atoms with Crippen LogP contribution in [0, 0.1) is 0 Å². The number of ether oxygens (including phenoxy) is 2. The molecule has 4 atom stereocenters. The molecule has 0 amide bonds. The second-order valence-corrected chi connectivity index (χ2v) is 10.4. The Hall–Kier alpha value is -5.20. The normalized spacial score (nSPS) is 21.0. The average molecular weight is 579 g/mol. The maximum Gasteiger partial charge on any atom is 0.305 e. The third kappa shape index (κ3) is 4.07. The first-order valence-electron chi connectivity index (χ1n) is 12.8. The first-order chi connectivity index (χ1) is 19.9. The van der Waals surface area contributed by atoms with E-state index in [1.807, 2.05) is 0 Å². The van der Waals surface area contributed by atoms with E-state index in [0.29, 0.717) is 5.56 Å². The third-order valence-corrected chi connectivity index (χ3v) is 7.67. The van der Waals surface area contributed by atoms with Gasteiger partial charge in [0.1, 0.15) is 40.6 Å². The first-order valence-corrected chi connectivity index (χ1v) is 12.8. The highest BCUT2D eigenvalue weighted by Crippen LogP contribution is 2.61. The molecule has 42 heavy (non-hydrogen) atoms. The summed E-state index contributed by atoms with van der Waals surface area (Å²) in [6.45, 7) is 0. The standard InChI is InChI=1S/C30H26O12/c31-14(5-12-1-3-17(33)20(36)6-12)8-16-19(35)11-24-26(28(16)39)27-25-22(38)9-15(32)10-23(25)41-30(42-24,29(27)40)13-2-4-18(34)21(37)7-13/h1-4,6-7,9-11,14,27,29,31-40H,5,8H2/t14-,27+,29?,30-/m0/s1. The van der Waals surface area contributed by atoms with Crippen LogP contribution in [-0.2, 0) is 18.6 Å². The molecule has 4 aromatic carbocycles. The van der Waals surface area contributed by atoms with E-state index in [9.17, 15) is 51.1 Å². The van der Waals surface area contributed by atoms with Crippen LogP contribution in [0.25, 0.3) is 0 Å². The Balaban J connectivity index is 1.48. The van der Waals surface area contributed by atoms with Gasteiger partial charge in [-0.05, 0) is 42.3 Å². The summed E-state index contributed by atoms with van der Waals surface area (Å²) in [6, 6.07) is 10.9. The molecule has 2 heterocycles. The maximum absolute atomic E-state index is 11.7. The van der Waals surface area contributed by atoms with Crippen molar-refractivity contribution in [3.8, 4) is 57.5 Å². The molecule has 218 valence electrons. The minimum atomic E-state index is -2.13. The van der Waals surface area contributed by atoms with Gasteiger partial charge in [0.25, 0.3) is 0 Å². The van der Waals surface area contributed by atoms with Crippen molar-refractivity contribution in [3.05, 3.63) is 82.4 Å². The molecule has 0 saturated carbocycles. The lowest BCUT2D eigenvalue weighted by Crippen LogP contribution is -2.57. The van der Waals surface area contributed by atoms with Crippen LogP contribution in [0.5, 0.6) is 57.5 Å². The lowest BCUT2D eigenvalue weighted by molar-refractivity contribution is -0.218. The van der Waals surface area contributed by atoms with Gasteiger partial charge in [-0.25, -0.2) is 0 Å². The number of fused-ring (bicyclic) bond motifs is 6. The first kappa shape index (κ1) is 27.0. The SMILES string of the molecule is Oc1cc(O)c2c(c1)O[C@@]1(c3ccc(O)c(O)c3)Oc3cc(O)c(C[C@@H](O)Cc4ccc(O)c(O)c4)c(O)c3[C@@H]2C1O. The topological polar surface area (TPSA) is 221 Å². The van der Waals surface area contributed by atoms with Crippen LogP contribution >= 0.6 is 0 Å². The minimum absolute atomic E-state index is 0.00414. The molecule has 12 heteroatoms. The molecule has 0 radical (unpaired) electrons. The molecule has 4 aromatic rings. The van der Waals surface area contributed by atoms with Crippen molar-refractivity contribution in [3.63, 3.8) is 0 Å². The Morgan fingerprint density at radius 1 is 0.643 bits per heavy atom. The number of aromatic hydroxyl groups is 8. The van der Waals surface area contributed by atoms with E-state index in [0.717, 1.165) is 24.3 Å². The molecular formula is C30H26O12. The quantitative estimate of drug-likeness (QED) is 0.154. The predicted molar refractivity (Wildman–Crippen MR) is 143 cm³/mol. The molecule has 2 aliphatic rings. The number of hydrogen-bond acceptors (Lipinski definition) is 12. The van der Waals surface area contributed by atoms with Crippen molar-refractivity contribution in [2.24, 2.45) is 0 Å². The van der Waals surface area contributed by atoms with Gasteiger partial charge in [-0.1, -0.05) is 6.07 Å². The summed E-state index contributed by atoms with van der Waals surface area (Å²) in [5.41, 5.74) is 0.356. The highest BCUT2D eigenvalue weighted by molar-refractivity contribution is 5.67. The number of benzene rings is 4. The van der Waals surface area contributed by atoms with Crippen LogP contribution in [-0.4, -0.2) is 63.3 Å². The summed E-state index contributed by atoms with van der Waals surface area (Å²) < 4.78 is 12.1. The second-order valence-electron chi connectivity index (χ2n) is 10.4. The molecule has 1 unspecified atom stereocenters. The number of aliphatic hydroxyl groups excluding tert-OH is 2. The van der Waals surface area contributed by atoms with Crippen LogP contribution in [0.1, 0.15) is 33.7 Å². The molecule has 2 bridgehead atoms. The summed E-state index contributed by atoms with van der Waals surface area (Å²) in [5, 5.41) is 105. The Morgan fingerprint density at radius 2 is 1.29 bits per heavy atom. The van der Waals surface area contributed by atoms with Crippen molar-refractivity contribution >= 4 is 0 Å². The van der Waals surface area contributed by atoms with Crippen LogP contribution in [0.4, 0.5) is 0 Å². The lowest BCUT2D eigenvalue weighted by Gasteiger charge is -2.49. The van der Waals surface area contributed by atoms with Gasteiger partial charge < -0.3 is 60.5 Å². The van der Waals surface area contributed by atoms with Crippen LogP contribution in [0.3, 0.4) is 0 Å². The number of phenolic OH excluding ortho intramolecular Hbond substituents is 8. The van der Waals surface area contributed by atoms with E-state index < -0.39 is 52.7 Å². The molecule has 10 N–H and O–H groups in total. The number of rotatable bonds is 5. The molecule has 0 fully saturated rings. The zero-order valence-electron chi connectivity index (χ0n) is 21.6. The fourth-order valence-electron chi connectivity index (χ4n) is 5.72. The molecule has 0 saturated heterocycles. The number of hydrogen-bond donors (Lipinski definition) is 10. The van der Waals surface area contributed by atoms with Crippen molar-refractivity contribution in [2.75, 3.05) is 0 Å². The van der Waals surface area contributed by atoms with Gasteiger partial charge in [0, 0.05) is 46.9 Å². The van der Waals surface area contributed by atoms with Gasteiger partial charge in [0.2, 0.25) is 0 Å². The fourth-order valence-corrected chi connectivity index (χ4v) is 5.72. The summed E-state index contributed by atoms with van der Waals surface area (Å²) in [4.78, 5) is 0. The maximum atomic E-state index is 11.7. The molecule has 2 aliphatic heterocycles. The van der Waals surface area contributed by atoms with Gasteiger partial charge in [0.15, 0.2) is 23.0 Å². The average Bonchev–Trinajstić information content (AvgIpc) is 2.91. The summed E-state index contributed by atoms with van der Waals surface area (Å²) in [5.74, 6) is -7.20. The number of aliphatic hydroxyl groups is 2. The van der Waals surface area contributed by atoms with Gasteiger partial charge in [-0.3, -0.25) is 0 Å². The fraction of sp³-hybridized carbons (Fsp3) is 0.200. The summed E-state index contributed by atoms with van der Waals surface area (Å²) in [7, 11) is 0. The second kappa shape index (κ2) is 9.43. The largest absolute Gasteiger partial charge is 0.508 e. The smallest absolute Gasteiger partial charge is 0.305 e. The van der Waals surface area contributed by atoms with Crippen molar-refractivity contribution < 1.29 is 60.5 Å². The zero-order valence-corrected chi connectivity index (χ0v) is 21.6. The van der Waals surface area contributed by atoms with E-state index in [4.69, 9.17) is 9.47 Å². The highest BCUT2D eigenvalue weighted by atomic mass is 16.7. The van der Waals surface area contributed by atoms with E-state index in [-0.39, 0.29) is 63.8 Å². The summed E-state index contributed by atoms with van der Waals surface area (Å²) in [6.07, 6.45) is -3.16. The van der Waals surface area contributed by atoms with Crippen LogP contribution in [0.2, 0.25) is 0 Å². The van der Waals surface area contributed by atoms with Gasteiger partial charge >= 0.3 is 5.79 Å². The monoisotopic (exact) mass is 578 g/mol. The number of phenols is 8. The molecular weight excluding hydrogens is 552 g/mol. The molecule has 0 aromatic heterocycles. The Labute approximate surface area is 237 Å². The molecule has 6 rings (SSSR count). The Morgan fingerprint density at radius 3 is 1.95 bits per heavy atom. The van der Waals surface area contributed by atoms with Crippen LogP contribution < -0.4 is 9.47 Å². The van der Waals surface area contributed by atoms with Crippen molar-refractivity contribution in [1.82, 2.24) is 0 Å². The third-order valence-electron chi connectivity index (χ3n) is 7.67. The Kier molecular flexibility index (Phi) is 6.06. The Bertz CT molecular complexity index is 1730. The van der Waals surface area contributed by atoms with Crippen molar-refractivity contribution in [2.45, 2.75) is 36.8 Å². The zero-order chi connectivity index (χ0) is 30.1. The van der Waals surface area contributed by atoms with Crippen LogP contribution in [0.15, 0.2) is 54.6 Å². The van der Waals surface area contributed by atoms with Crippen molar-refractivity contribution in [1.29, 1.82) is 0 Å². The van der Waals surface area contributed by atoms with E-state index in [1.54, 1.807) is 0 Å². The molecule has 0 aliphatic carbocycles. The predicted octanol–water partition coefficient (Wildman–Crippen LogP) is 2.61. The van der Waals surface area contributed by atoms with Gasteiger partial charge in [-0.15, -0.1) is 0 Å². The molecule has 12 nitrogen and oxygen atoms in total. The summed E-state index contributed by atoms with van der Waals surface area (Å²) >= 11 is 0. The van der Waals surface area contributed by atoms with Gasteiger partial charge in [0.05, 0.1) is 12.0 Å². The molecule has 0 spiro atoms. The minimum Gasteiger partial charge on any atom is -0.508 e.